The third-order valence-electron chi connectivity index (χ3n) is 1.93. The average Bonchev–Trinajstić information content (AvgIpc) is 2.19. The largest absolute Gasteiger partial charge is 0.467 e. The van der Waals surface area contributed by atoms with Crippen LogP contribution < -0.4 is 0 Å². The van der Waals surface area contributed by atoms with Crippen molar-refractivity contribution in [2.45, 2.75) is 24.5 Å². The molecule has 0 amide bonds. The Morgan fingerprint density at radius 1 is 1.64 bits per heavy atom. The SMILES string of the molecule is C#C.COC(=O)C1(O)CC=CC(O)C1. The van der Waals surface area contributed by atoms with Gasteiger partial charge in [-0.25, -0.2) is 4.79 Å². The molecular weight excluding hydrogens is 184 g/mol. The maximum absolute atomic E-state index is 11.0. The van der Waals surface area contributed by atoms with Crippen molar-refractivity contribution in [2.24, 2.45) is 0 Å². The highest BCUT2D eigenvalue weighted by Crippen LogP contribution is 2.24. The van der Waals surface area contributed by atoms with E-state index in [0.29, 0.717) is 0 Å². The maximum atomic E-state index is 11.0. The van der Waals surface area contributed by atoms with Crippen LogP contribution in [0.25, 0.3) is 0 Å². The van der Waals surface area contributed by atoms with Crippen molar-refractivity contribution in [3.05, 3.63) is 12.2 Å². The summed E-state index contributed by atoms with van der Waals surface area (Å²) in [6.45, 7) is 0. The van der Waals surface area contributed by atoms with Crippen LogP contribution in [-0.4, -0.2) is 35.0 Å². The number of hydrogen-bond donors (Lipinski definition) is 2. The Labute approximate surface area is 83.2 Å². The normalized spacial score (nSPS) is 29.9. The molecule has 0 fully saturated rings. The van der Waals surface area contributed by atoms with E-state index in [4.69, 9.17) is 5.11 Å². The van der Waals surface area contributed by atoms with Crippen LogP contribution in [0.1, 0.15) is 12.8 Å². The van der Waals surface area contributed by atoms with Gasteiger partial charge in [0.15, 0.2) is 5.60 Å². The van der Waals surface area contributed by atoms with Gasteiger partial charge in [0, 0.05) is 12.8 Å². The van der Waals surface area contributed by atoms with Crippen LogP contribution in [0.4, 0.5) is 0 Å². The average molecular weight is 198 g/mol. The van der Waals surface area contributed by atoms with Gasteiger partial charge in [0.2, 0.25) is 0 Å². The fourth-order valence-corrected chi connectivity index (χ4v) is 1.27. The highest BCUT2D eigenvalue weighted by molar-refractivity contribution is 5.79. The standard InChI is InChI=1S/C8H12O4.C2H2/c1-12-7(10)8(11)4-2-3-6(9)5-8;1-2/h2-3,6,9,11H,4-5H2,1H3;1-2H. The van der Waals surface area contributed by atoms with Gasteiger partial charge in [-0.2, -0.15) is 0 Å². The van der Waals surface area contributed by atoms with Crippen molar-refractivity contribution >= 4 is 5.97 Å². The van der Waals surface area contributed by atoms with Gasteiger partial charge < -0.3 is 14.9 Å². The molecule has 2 atom stereocenters. The van der Waals surface area contributed by atoms with Crippen molar-refractivity contribution in [3.63, 3.8) is 0 Å². The number of carbonyl (C=O) groups excluding carboxylic acids is 1. The molecule has 0 aliphatic heterocycles. The number of carbonyl (C=O) groups is 1. The molecule has 0 saturated carbocycles. The third kappa shape index (κ3) is 2.87. The highest BCUT2D eigenvalue weighted by Gasteiger charge is 2.39. The van der Waals surface area contributed by atoms with Crippen LogP contribution >= 0.6 is 0 Å². The molecule has 1 aliphatic carbocycles. The summed E-state index contributed by atoms with van der Waals surface area (Å²) in [4.78, 5) is 11.0. The minimum absolute atomic E-state index is 0.0101. The molecule has 0 heterocycles. The van der Waals surface area contributed by atoms with Crippen LogP contribution in [0, 0.1) is 12.8 Å². The zero-order valence-electron chi connectivity index (χ0n) is 8.01. The molecule has 2 unspecified atom stereocenters. The first-order valence-electron chi connectivity index (χ1n) is 4.07. The first-order chi connectivity index (χ1) is 6.58. The Morgan fingerprint density at radius 2 is 2.21 bits per heavy atom. The van der Waals surface area contributed by atoms with E-state index in [1.165, 1.54) is 7.11 Å². The van der Waals surface area contributed by atoms with E-state index < -0.39 is 17.7 Å². The van der Waals surface area contributed by atoms with Crippen molar-refractivity contribution in [1.29, 1.82) is 0 Å². The first-order valence-corrected chi connectivity index (χ1v) is 4.07. The summed E-state index contributed by atoms with van der Waals surface area (Å²) in [6.07, 6.45) is 10.6. The predicted octanol–water partition coefficient (Wildman–Crippen LogP) is -0.149. The van der Waals surface area contributed by atoms with E-state index in [2.05, 4.69) is 17.6 Å². The molecule has 0 aromatic heterocycles. The lowest BCUT2D eigenvalue weighted by Crippen LogP contribution is -2.43. The number of hydrogen-bond acceptors (Lipinski definition) is 4. The van der Waals surface area contributed by atoms with E-state index in [9.17, 15) is 9.90 Å². The molecule has 0 aromatic rings. The Kier molecular flexibility index (Phi) is 4.92. The fourth-order valence-electron chi connectivity index (χ4n) is 1.27. The summed E-state index contributed by atoms with van der Waals surface area (Å²) < 4.78 is 4.41. The quantitative estimate of drug-likeness (QED) is 0.349. The highest BCUT2D eigenvalue weighted by atomic mass is 16.5. The van der Waals surface area contributed by atoms with Crippen molar-refractivity contribution in [2.75, 3.05) is 7.11 Å². The summed E-state index contributed by atoms with van der Waals surface area (Å²) in [5.41, 5.74) is -1.54. The molecule has 78 valence electrons. The van der Waals surface area contributed by atoms with Gasteiger partial charge in [0.25, 0.3) is 0 Å². The second kappa shape index (κ2) is 5.43. The Balaban J connectivity index is 0.000000791. The van der Waals surface area contributed by atoms with Crippen LogP contribution in [-0.2, 0) is 9.53 Å². The van der Waals surface area contributed by atoms with Crippen LogP contribution in [0.3, 0.4) is 0 Å². The number of ether oxygens (including phenoxy) is 1. The van der Waals surface area contributed by atoms with Gasteiger partial charge in [-0.1, -0.05) is 12.2 Å². The molecule has 2 N–H and O–H groups in total. The summed E-state index contributed by atoms with van der Waals surface area (Å²) in [7, 11) is 1.21. The zero-order valence-corrected chi connectivity index (χ0v) is 8.01. The number of terminal acetylenes is 1. The zero-order chi connectivity index (χ0) is 11.2. The van der Waals surface area contributed by atoms with Gasteiger partial charge in [-0.15, -0.1) is 12.8 Å². The molecule has 0 saturated heterocycles. The molecular formula is C10H14O4. The monoisotopic (exact) mass is 198 g/mol. The summed E-state index contributed by atoms with van der Waals surface area (Å²) in [5, 5.41) is 18.8. The van der Waals surface area contributed by atoms with Gasteiger partial charge in [-0.05, 0) is 0 Å². The molecule has 4 nitrogen and oxygen atoms in total. The van der Waals surface area contributed by atoms with Gasteiger partial charge in [-0.3, -0.25) is 0 Å². The van der Waals surface area contributed by atoms with Crippen molar-refractivity contribution < 1.29 is 19.7 Å². The topological polar surface area (TPSA) is 66.8 Å². The minimum Gasteiger partial charge on any atom is -0.467 e. The van der Waals surface area contributed by atoms with Crippen molar-refractivity contribution in [3.8, 4) is 12.8 Å². The van der Waals surface area contributed by atoms with E-state index >= 15 is 0 Å². The number of esters is 1. The molecule has 1 aliphatic rings. The number of aliphatic hydroxyl groups excluding tert-OH is 1. The predicted molar refractivity (Wildman–Crippen MR) is 51.2 cm³/mol. The molecule has 1 rings (SSSR count). The lowest BCUT2D eigenvalue weighted by molar-refractivity contribution is -0.165. The van der Waals surface area contributed by atoms with E-state index in [-0.39, 0.29) is 12.8 Å². The fraction of sp³-hybridized carbons (Fsp3) is 0.500. The molecule has 14 heavy (non-hydrogen) atoms. The first kappa shape index (κ1) is 12.7. The van der Waals surface area contributed by atoms with Crippen molar-refractivity contribution in [1.82, 2.24) is 0 Å². The van der Waals surface area contributed by atoms with E-state index in [1.54, 1.807) is 12.2 Å². The summed E-state index contributed by atoms with van der Waals surface area (Å²) in [6, 6.07) is 0. The summed E-state index contributed by atoms with van der Waals surface area (Å²) >= 11 is 0. The molecule has 4 heteroatoms. The van der Waals surface area contributed by atoms with Crippen LogP contribution in [0.15, 0.2) is 12.2 Å². The Morgan fingerprint density at radius 3 is 2.64 bits per heavy atom. The van der Waals surface area contributed by atoms with Gasteiger partial charge >= 0.3 is 5.97 Å². The van der Waals surface area contributed by atoms with Gasteiger partial charge in [0.1, 0.15) is 0 Å². The number of rotatable bonds is 1. The Bertz CT molecular complexity index is 244. The van der Waals surface area contributed by atoms with E-state index in [0.717, 1.165) is 0 Å². The van der Waals surface area contributed by atoms with Crippen LogP contribution in [0.2, 0.25) is 0 Å². The second-order valence-electron chi connectivity index (χ2n) is 2.93. The molecule has 0 radical (unpaired) electrons. The summed E-state index contributed by atoms with van der Waals surface area (Å²) in [5.74, 6) is -0.689. The molecule has 0 aromatic carbocycles. The minimum atomic E-state index is -1.54. The van der Waals surface area contributed by atoms with Crippen LogP contribution in [0.5, 0.6) is 0 Å². The maximum Gasteiger partial charge on any atom is 0.338 e. The van der Waals surface area contributed by atoms with Gasteiger partial charge in [0.05, 0.1) is 13.2 Å². The number of methoxy groups -OCH3 is 1. The number of aliphatic hydroxyl groups is 2. The lowest BCUT2D eigenvalue weighted by atomic mass is 9.88. The van der Waals surface area contributed by atoms with E-state index in [1.807, 2.05) is 0 Å². The third-order valence-corrected chi connectivity index (χ3v) is 1.93. The second-order valence-corrected chi connectivity index (χ2v) is 2.93. The Hall–Kier alpha value is -1.31. The lowest BCUT2D eigenvalue weighted by Gasteiger charge is -2.28. The molecule has 0 bridgehead atoms. The smallest absolute Gasteiger partial charge is 0.338 e. The molecule has 0 spiro atoms.